The average Bonchev–Trinajstić information content (AvgIpc) is 3.27. The molecular formula is C17H24N6O2. The van der Waals surface area contributed by atoms with Gasteiger partial charge < -0.3 is 19.6 Å². The maximum Gasteiger partial charge on any atom is 0.250 e. The Bertz CT molecular complexity index is 687. The van der Waals surface area contributed by atoms with Crippen LogP contribution in [0.15, 0.2) is 30.3 Å². The Balaban J connectivity index is 1.56. The van der Waals surface area contributed by atoms with Crippen LogP contribution in [0.25, 0.3) is 5.69 Å². The molecule has 3 heterocycles. The van der Waals surface area contributed by atoms with E-state index in [9.17, 15) is 5.11 Å². The zero-order valence-electron chi connectivity index (χ0n) is 14.3. The van der Waals surface area contributed by atoms with Crippen molar-refractivity contribution in [3.63, 3.8) is 0 Å². The number of para-hydroxylation sites is 1. The topological polar surface area (TPSA) is 79.5 Å². The van der Waals surface area contributed by atoms with Crippen LogP contribution in [0, 0.1) is 0 Å². The van der Waals surface area contributed by atoms with Gasteiger partial charge in [0.2, 0.25) is 0 Å². The molecule has 2 aliphatic heterocycles. The molecule has 0 saturated carbocycles. The number of hydrogen-bond acceptors (Lipinski definition) is 7. The number of tetrazole rings is 1. The number of β-amino-alcohol motifs (C(OH)–C–C–N with tert-alkyl or cyclic N) is 1. The van der Waals surface area contributed by atoms with E-state index >= 15 is 0 Å². The minimum absolute atomic E-state index is 0.340. The molecule has 134 valence electrons. The van der Waals surface area contributed by atoms with E-state index in [2.05, 4.69) is 20.4 Å². The number of likely N-dealkylation sites (tertiary alicyclic amines) is 1. The standard InChI is InChI=1S/C17H24N6O2/c24-17(12-21-8-4-5-9-21)13-22(10-11-25-14-17)16-18-19-20-23(16)15-6-2-1-3-7-15/h1-3,6-7,24H,4-5,8-14H2/t17-/m1/s1. The van der Waals surface area contributed by atoms with Crippen LogP contribution in [0.1, 0.15) is 12.8 Å². The van der Waals surface area contributed by atoms with Gasteiger partial charge in [-0.25, -0.2) is 0 Å². The first-order chi connectivity index (χ1) is 12.2. The van der Waals surface area contributed by atoms with Crippen molar-refractivity contribution >= 4 is 5.95 Å². The fourth-order valence-electron chi connectivity index (χ4n) is 3.66. The zero-order chi connectivity index (χ0) is 17.1. The van der Waals surface area contributed by atoms with Crippen molar-refractivity contribution < 1.29 is 9.84 Å². The second kappa shape index (κ2) is 7.07. The summed E-state index contributed by atoms with van der Waals surface area (Å²) in [4.78, 5) is 4.34. The molecule has 1 N–H and O–H groups in total. The van der Waals surface area contributed by atoms with Gasteiger partial charge in [0.1, 0.15) is 5.60 Å². The highest BCUT2D eigenvalue weighted by Gasteiger charge is 2.36. The van der Waals surface area contributed by atoms with Gasteiger partial charge in [0, 0.05) is 13.1 Å². The monoisotopic (exact) mass is 344 g/mol. The summed E-state index contributed by atoms with van der Waals surface area (Å²) >= 11 is 0. The van der Waals surface area contributed by atoms with Gasteiger partial charge in [0.25, 0.3) is 5.95 Å². The van der Waals surface area contributed by atoms with Crippen LogP contribution in [0.4, 0.5) is 5.95 Å². The Hall–Kier alpha value is -2.03. The smallest absolute Gasteiger partial charge is 0.250 e. The summed E-state index contributed by atoms with van der Waals surface area (Å²) in [5.74, 6) is 0.636. The SMILES string of the molecule is O[C@@]1(CN2CCCC2)COCCN(c2nnnn2-c2ccccc2)C1. The lowest BCUT2D eigenvalue weighted by Crippen LogP contribution is -2.52. The maximum atomic E-state index is 11.2. The summed E-state index contributed by atoms with van der Waals surface area (Å²) in [7, 11) is 0. The lowest BCUT2D eigenvalue weighted by atomic mass is 10.0. The van der Waals surface area contributed by atoms with E-state index in [0.717, 1.165) is 18.8 Å². The second-order valence-electron chi connectivity index (χ2n) is 6.91. The molecule has 8 heteroatoms. The van der Waals surface area contributed by atoms with Gasteiger partial charge in [-0.1, -0.05) is 23.3 Å². The van der Waals surface area contributed by atoms with Crippen LogP contribution in [0.2, 0.25) is 0 Å². The van der Waals surface area contributed by atoms with Crippen molar-refractivity contribution in [2.45, 2.75) is 18.4 Å². The fraction of sp³-hybridized carbons (Fsp3) is 0.588. The van der Waals surface area contributed by atoms with Crippen molar-refractivity contribution in [2.24, 2.45) is 0 Å². The second-order valence-corrected chi connectivity index (χ2v) is 6.91. The summed E-state index contributed by atoms with van der Waals surface area (Å²) in [6.07, 6.45) is 2.40. The summed E-state index contributed by atoms with van der Waals surface area (Å²) in [6.45, 7) is 4.70. The Kier molecular flexibility index (Phi) is 4.65. The minimum atomic E-state index is -0.922. The number of aromatic nitrogens is 4. The molecule has 0 bridgehead atoms. The molecule has 1 aromatic carbocycles. The highest BCUT2D eigenvalue weighted by molar-refractivity contribution is 5.41. The van der Waals surface area contributed by atoms with Crippen molar-refractivity contribution in [1.82, 2.24) is 25.1 Å². The van der Waals surface area contributed by atoms with Gasteiger partial charge in [-0.15, -0.1) is 0 Å². The molecular weight excluding hydrogens is 320 g/mol. The van der Waals surface area contributed by atoms with E-state index in [1.54, 1.807) is 4.68 Å². The van der Waals surface area contributed by atoms with Crippen molar-refractivity contribution in [1.29, 1.82) is 0 Å². The number of nitrogens with zero attached hydrogens (tertiary/aromatic N) is 6. The highest BCUT2D eigenvalue weighted by Crippen LogP contribution is 2.22. The Morgan fingerprint density at radius 2 is 1.92 bits per heavy atom. The van der Waals surface area contributed by atoms with Crippen molar-refractivity contribution in [2.75, 3.05) is 50.8 Å². The van der Waals surface area contributed by atoms with E-state index in [1.807, 2.05) is 35.2 Å². The summed E-state index contributed by atoms with van der Waals surface area (Å²) in [5, 5.41) is 23.3. The predicted octanol–water partition coefficient (Wildman–Crippen LogP) is 0.326. The third-order valence-corrected chi connectivity index (χ3v) is 4.81. The van der Waals surface area contributed by atoms with Crippen LogP contribution < -0.4 is 4.90 Å². The quantitative estimate of drug-likeness (QED) is 0.856. The van der Waals surface area contributed by atoms with Crippen LogP contribution in [0.5, 0.6) is 0 Å². The summed E-state index contributed by atoms with van der Waals surface area (Å²) < 4.78 is 7.41. The summed E-state index contributed by atoms with van der Waals surface area (Å²) in [5.41, 5.74) is -0.0235. The first kappa shape index (κ1) is 16.4. The van der Waals surface area contributed by atoms with Crippen LogP contribution in [-0.2, 0) is 4.74 Å². The third-order valence-electron chi connectivity index (χ3n) is 4.81. The zero-order valence-corrected chi connectivity index (χ0v) is 14.3. The largest absolute Gasteiger partial charge is 0.384 e. The number of ether oxygens (including phenoxy) is 1. The van der Waals surface area contributed by atoms with E-state index in [1.165, 1.54) is 12.8 Å². The maximum absolute atomic E-state index is 11.2. The van der Waals surface area contributed by atoms with Gasteiger partial charge in [-0.3, -0.25) is 0 Å². The lowest BCUT2D eigenvalue weighted by Gasteiger charge is -2.34. The van der Waals surface area contributed by atoms with Crippen LogP contribution >= 0.6 is 0 Å². The highest BCUT2D eigenvalue weighted by atomic mass is 16.5. The fourth-order valence-corrected chi connectivity index (χ4v) is 3.66. The van der Waals surface area contributed by atoms with Crippen molar-refractivity contribution in [3.05, 3.63) is 30.3 Å². The molecule has 4 rings (SSSR count). The number of hydrogen-bond donors (Lipinski definition) is 1. The molecule has 25 heavy (non-hydrogen) atoms. The molecule has 2 aliphatic rings. The van der Waals surface area contributed by atoms with Gasteiger partial charge in [-0.2, -0.15) is 4.68 Å². The number of rotatable bonds is 4. The normalized spacial score (nSPS) is 25.2. The van der Waals surface area contributed by atoms with Crippen LogP contribution in [-0.4, -0.2) is 81.8 Å². The molecule has 2 aromatic rings. The number of aliphatic hydroxyl groups is 1. The Morgan fingerprint density at radius 1 is 1.12 bits per heavy atom. The minimum Gasteiger partial charge on any atom is -0.384 e. The molecule has 8 nitrogen and oxygen atoms in total. The molecule has 0 aliphatic carbocycles. The first-order valence-electron chi connectivity index (χ1n) is 8.85. The van der Waals surface area contributed by atoms with Gasteiger partial charge in [0.05, 0.1) is 25.4 Å². The third kappa shape index (κ3) is 3.65. The van der Waals surface area contributed by atoms with E-state index in [-0.39, 0.29) is 0 Å². The molecule has 2 fully saturated rings. The summed E-state index contributed by atoms with van der Waals surface area (Å²) in [6, 6.07) is 9.80. The molecule has 1 atom stereocenters. The number of anilines is 1. The first-order valence-corrected chi connectivity index (χ1v) is 8.85. The predicted molar refractivity (Wildman–Crippen MR) is 92.8 cm³/mol. The molecule has 0 spiro atoms. The molecule has 2 saturated heterocycles. The lowest BCUT2D eigenvalue weighted by molar-refractivity contribution is -0.0440. The van der Waals surface area contributed by atoms with Crippen molar-refractivity contribution in [3.8, 4) is 5.69 Å². The van der Waals surface area contributed by atoms with E-state index in [4.69, 9.17) is 4.74 Å². The Morgan fingerprint density at radius 3 is 2.72 bits per heavy atom. The van der Waals surface area contributed by atoms with Gasteiger partial charge in [-0.05, 0) is 48.5 Å². The average molecular weight is 344 g/mol. The molecule has 1 aromatic heterocycles. The van der Waals surface area contributed by atoms with Gasteiger partial charge in [0.15, 0.2) is 0 Å². The van der Waals surface area contributed by atoms with E-state index in [0.29, 0.717) is 38.8 Å². The molecule has 0 amide bonds. The van der Waals surface area contributed by atoms with Gasteiger partial charge >= 0.3 is 0 Å². The van der Waals surface area contributed by atoms with Crippen LogP contribution in [0.3, 0.4) is 0 Å². The molecule has 0 unspecified atom stereocenters. The number of benzene rings is 1. The molecule has 0 radical (unpaired) electrons. The Labute approximate surface area is 147 Å². The van der Waals surface area contributed by atoms with E-state index < -0.39 is 5.60 Å².